The lowest BCUT2D eigenvalue weighted by Crippen LogP contribution is -2.52. The number of rotatable bonds is 7. The molecule has 0 bridgehead atoms. The van der Waals surface area contributed by atoms with Crippen molar-refractivity contribution in [2.24, 2.45) is 5.92 Å². The molecular formula is C30H34F2N4O4. The fraction of sp³-hybridized carbons (Fsp3) is 0.433. The van der Waals surface area contributed by atoms with E-state index in [1.54, 1.807) is 36.2 Å². The summed E-state index contributed by atoms with van der Waals surface area (Å²) in [6.45, 7) is 0.559. The third-order valence-electron chi connectivity index (χ3n) is 8.05. The molecule has 2 fully saturated rings. The van der Waals surface area contributed by atoms with E-state index in [1.165, 1.54) is 10.9 Å². The van der Waals surface area contributed by atoms with Crippen molar-refractivity contribution in [1.82, 2.24) is 14.5 Å². The van der Waals surface area contributed by atoms with Crippen LogP contribution in [0.25, 0.3) is 0 Å². The number of para-hydroxylation sites is 1. The zero-order valence-electron chi connectivity index (χ0n) is 22.4. The van der Waals surface area contributed by atoms with E-state index in [2.05, 4.69) is 10.3 Å². The molecule has 2 aromatic carbocycles. The minimum atomic E-state index is -2.80. The Morgan fingerprint density at radius 1 is 1.07 bits per heavy atom. The van der Waals surface area contributed by atoms with Crippen LogP contribution in [0.15, 0.2) is 71.8 Å². The molecule has 2 atom stereocenters. The maximum atomic E-state index is 14.3. The van der Waals surface area contributed by atoms with Crippen LogP contribution in [0.1, 0.15) is 43.6 Å². The van der Waals surface area contributed by atoms with Crippen molar-refractivity contribution >= 4 is 11.6 Å². The second kappa shape index (κ2) is 11.4. The van der Waals surface area contributed by atoms with Gasteiger partial charge in [0.1, 0.15) is 12.1 Å². The second-order valence-electron chi connectivity index (χ2n) is 10.8. The van der Waals surface area contributed by atoms with E-state index in [0.29, 0.717) is 5.75 Å². The summed E-state index contributed by atoms with van der Waals surface area (Å²) in [6.07, 6.45) is 1.32. The molecule has 0 spiro atoms. The van der Waals surface area contributed by atoms with Gasteiger partial charge in [-0.15, -0.1) is 0 Å². The van der Waals surface area contributed by atoms with E-state index in [4.69, 9.17) is 4.74 Å². The molecule has 0 radical (unpaired) electrons. The van der Waals surface area contributed by atoms with Crippen LogP contribution in [0.2, 0.25) is 0 Å². The van der Waals surface area contributed by atoms with Crippen molar-refractivity contribution in [1.29, 1.82) is 0 Å². The molecule has 2 heterocycles. The number of hydrogen-bond donors (Lipinski definition) is 2. The highest BCUT2D eigenvalue weighted by molar-refractivity contribution is 5.80. The summed E-state index contributed by atoms with van der Waals surface area (Å²) in [6, 6.07) is 18.1. The van der Waals surface area contributed by atoms with E-state index in [-0.39, 0.29) is 74.8 Å². The number of nitrogens with zero attached hydrogens (tertiary/aromatic N) is 3. The van der Waals surface area contributed by atoms with Crippen molar-refractivity contribution < 1.29 is 23.4 Å². The third-order valence-corrected chi connectivity index (χ3v) is 8.05. The van der Waals surface area contributed by atoms with Crippen molar-refractivity contribution in [2.75, 3.05) is 25.5 Å². The number of ether oxygens (including phenoxy) is 1. The number of aliphatic hydroxyl groups is 1. The van der Waals surface area contributed by atoms with E-state index in [1.807, 2.05) is 36.4 Å². The predicted molar refractivity (Wildman–Crippen MR) is 147 cm³/mol. The van der Waals surface area contributed by atoms with Crippen LogP contribution in [0, 0.1) is 5.92 Å². The number of piperidine rings is 1. The molecule has 1 unspecified atom stereocenters. The standard InChI is InChI=1S/C30H34F2N4O4/c1-33-25-26(40-22-10-6-3-7-11-22)34-20-36(28(25)38)19-29(39)14-16-35(17-15-29)27(37)23-12-13-30(31,32)18-24(23)21-8-4-2-5-9-21/h2-11,20,23-24,33,39H,12-19H2,1H3/t23-,24?/m1/s1. The molecule has 1 saturated heterocycles. The average molecular weight is 553 g/mol. The molecule has 2 N–H and O–H groups in total. The van der Waals surface area contributed by atoms with Gasteiger partial charge >= 0.3 is 0 Å². The van der Waals surface area contributed by atoms with Gasteiger partial charge in [0.05, 0.1) is 12.1 Å². The monoisotopic (exact) mass is 552 g/mol. The minimum absolute atomic E-state index is 0.00342. The Morgan fingerprint density at radius 2 is 1.73 bits per heavy atom. The highest BCUT2D eigenvalue weighted by Crippen LogP contribution is 2.46. The van der Waals surface area contributed by atoms with Gasteiger partial charge in [0, 0.05) is 44.8 Å². The van der Waals surface area contributed by atoms with Crippen molar-refractivity contribution in [3.05, 3.63) is 82.9 Å². The SMILES string of the molecule is CNc1c(Oc2ccccc2)ncn(CC2(O)CCN(C(=O)[C@@H]3CCC(F)(F)CC3c3ccccc3)CC2)c1=O. The maximum absolute atomic E-state index is 14.3. The van der Waals surface area contributed by atoms with Crippen molar-refractivity contribution in [3.8, 4) is 11.6 Å². The number of amides is 1. The second-order valence-corrected chi connectivity index (χ2v) is 10.8. The maximum Gasteiger partial charge on any atom is 0.280 e. The fourth-order valence-electron chi connectivity index (χ4n) is 5.81. The molecule has 1 aliphatic heterocycles. The number of carbonyl (C=O) groups is 1. The average Bonchev–Trinajstić information content (AvgIpc) is 2.95. The number of anilines is 1. The van der Waals surface area contributed by atoms with Gasteiger partial charge in [-0.2, -0.15) is 0 Å². The Hall–Kier alpha value is -3.79. The molecule has 212 valence electrons. The predicted octanol–water partition coefficient (Wildman–Crippen LogP) is 4.65. The summed E-state index contributed by atoms with van der Waals surface area (Å²) in [5.41, 5.74) is -0.693. The van der Waals surface area contributed by atoms with Gasteiger partial charge in [-0.3, -0.25) is 14.2 Å². The molecule has 1 amide bonds. The Morgan fingerprint density at radius 3 is 2.38 bits per heavy atom. The van der Waals surface area contributed by atoms with Crippen LogP contribution < -0.4 is 15.6 Å². The summed E-state index contributed by atoms with van der Waals surface area (Å²) in [7, 11) is 1.60. The molecule has 5 rings (SSSR count). The first-order valence-electron chi connectivity index (χ1n) is 13.6. The van der Waals surface area contributed by atoms with Crippen LogP contribution in [0.5, 0.6) is 11.6 Å². The molecule has 1 saturated carbocycles. The number of alkyl halides is 2. The molecule has 10 heteroatoms. The van der Waals surface area contributed by atoms with E-state index in [0.717, 1.165) is 5.56 Å². The lowest BCUT2D eigenvalue weighted by Gasteiger charge is -2.42. The van der Waals surface area contributed by atoms with Gasteiger partial charge in [-0.1, -0.05) is 48.5 Å². The Balaban J connectivity index is 1.26. The summed E-state index contributed by atoms with van der Waals surface area (Å²) in [5, 5.41) is 14.2. The van der Waals surface area contributed by atoms with Gasteiger partial charge in [-0.25, -0.2) is 13.8 Å². The topological polar surface area (TPSA) is 96.7 Å². The fourth-order valence-corrected chi connectivity index (χ4v) is 5.81. The van der Waals surface area contributed by atoms with Crippen LogP contribution in [-0.2, 0) is 11.3 Å². The molecule has 40 heavy (non-hydrogen) atoms. The van der Waals surface area contributed by atoms with Crippen LogP contribution in [-0.4, -0.2) is 57.1 Å². The Labute approximate surface area is 231 Å². The van der Waals surface area contributed by atoms with Crippen molar-refractivity contribution in [3.63, 3.8) is 0 Å². The summed E-state index contributed by atoms with van der Waals surface area (Å²) < 4.78 is 35.8. The van der Waals surface area contributed by atoms with Crippen molar-refractivity contribution in [2.45, 2.75) is 56.1 Å². The van der Waals surface area contributed by atoms with Gasteiger partial charge < -0.3 is 20.1 Å². The van der Waals surface area contributed by atoms with E-state index in [9.17, 15) is 23.5 Å². The van der Waals surface area contributed by atoms with Crippen LogP contribution in [0.4, 0.5) is 14.5 Å². The first kappa shape index (κ1) is 27.8. The first-order chi connectivity index (χ1) is 19.2. The largest absolute Gasteiger partial charge is 0.437 e. The summed E-state index contributed by atoms with van der Waals surface area (Å²) >= 11 is 0. The zero-order valence-corrected chi connectivity index (χ0v) is 22.4. The molecule has 2 aliphatic rings. The number of halogens is 2. The Bertz CT molecular complexity index is 1380. The molecule has 8 nitrogen and oxygen atoms in total. The Kier molecular flexibility index (Phi) is 7.89. The highest BCUT2D eigenvalue weighted by atomic mass is 19.3. The smallest absolute Gasteiger partial charge is 0.280 e. The highest BCUT2D eigenvalue weighted by Gasteiger charge is 2.46. The van der Waals surface area contributed by atoms with Gasteiger partial charge in [-0.05, 0) is 37.0 Å². The quantitative estimate of drug-likeness (QED) is 0.443. The van der Waals surface area contributed by atoms with E-state index < -0.39 is 23.4 Å². The van der Waals surface area contributed by atoms with Crippen LogP contribution >= 0.6 is 0 Å². The van der Waals surface area contributed by atoms with E-state index >= 15 is 0 Å². The zero-order chi connectivity index (χ0) is 28.3. The lowest BCUT2D eigenvalue weighted by atomic mass is 9.73. The molecule has 1 aliphatic carbocycles. The number of nitrogens with one attached hydrogen (secondary N) is 1. The van der Waals surface area contributed by atoms with Gasteiger partial charge in [0.2, 0.25) is 17.7 Å². The minimum Gasteiger partial charge on any atom is -0.437 e. The molecular weight excluding hydrogens is 518 g/mol. The van der Waals surface area contributed by atoms with Gasteiger partial charge in [0.25, 0.3) is 5.56 Å². The third kappa shape index (κ3) is 6.01. The van der Waals surface area contributed by atoms with Crippen LogP contribution in [0.3, 0.4) is 0 Å². The summed E-state index contributed by atoms with van der Waals surface area (Å²) in [5.74, 6) is -3.36. The number of aromatic nitrogens is 2. The van der Waals surface area contributed by atoms with Gasteiger partial charge in [0.15, 0.2) is 5.69 Å². The molecule has 3 aromatic rings. The number of benzene rings is 2. The summed E-state index contributed by atoms with van der Waals surface area (Å²) in [4.78, 5) is 32.7. The molecule has 1 aromatic heterocycles. The lowest BCUT2D eigenvalue weighted by molar-refractivity contribution is -0.145. The number of likely N-dealkylation sites (tertiary alicyclic amines) is 1. The first-order valence-corrected chi connectivity index (χ1v) is 13.6. The number of hydrogen-bond acceptors (Lipinski definition) is 6. The number of carbonyl (C=O) groups excluding carboxylic acids is 1. The normalized spacial score (nSPS) is 21.9.